The third kappa shape index (κ3) is 2.84. The van der Waals surface area contributed by atoms with Gasteiger partial charge in [0.2, 0.25) is 0 Å². The zero-order valence-corrected chi connectivity index (χ0v) is 16.1. The number of hydrogen-bond acceptors (Lipinski definition) is 2. The molecule has 0 spiro atoms. The molecule has 0 aliphatic heterocycles. The quantitative estimate of drug-likeness (QED) is 0.757. The van der Waals surface area contributed by atoms with Gasteiger partial charge in [-0.3, -0.25) is 5.10 Å². The Bertz CT molecular complexity index is 884. The first-order chi connectivity index (χ1) is 13.0. The second-order valence-corrected chi connectivity index (χ2v) is 9.15. The van der Waals surface area contributed by atoms with E-state index in [-0.39, 0.29) is 23.5 Å². The number of hydrogen-bond donors (Lipinski definition) is 3. The number of rotatable bonds is 2. The standard InChI is InChI=1S/C22H28N4O/c1-22(2)9-8-13-11-19(16-4-3-5-17(22)20(13)16)25-21(27)24-15-6-7-18-14(10-15)12-23-26-18/h3-5,12-13,15,19H,6-11H2,1-2H3,(H,23,26)(H2,24,25,27). The molecule has 0 saturated heterocycles. The highest BCUT2D eigenvalue weighted by atomic mass is 16.2. The van der Waals surface area contributed by atoms with E-state index in [9.17, 15) is 4.79 Å². The molecule has 27 heavy (non-hydrogen) atoms. The number of nitrogens with zero attached hydrogens (tertiary/aromatic N) is 1. The Morgan fingerprint density at radius 1 is 1.26 bits per heavy atom. The molecular formula is C22H28N4O. The van der Waals surface area contributed by atoms with Crippen LogP contribution in [0.15, 0.2) is 24.4 Å². The van der Waals surface area contributed by atoms with Crippen LogP contribution in [0.4, 0.5) is 4.79 Å². The molecule has 5 nitrogen and oxygen atoms in total. The van der Waals surface area contributed by atoms with Gasteiger partial charge < -0.3 is 10.6 Å². The van der Waals surface area contributed by atoms with E-state index in [4.69, 9.17) is 0 Å². The summed E-state index contributed by atoms with van der Waals surface area (Å²) in [5, 5.41) is 13.6. The SMILES string of the molecule is CC1(C)CCC2CC(NC(=O)NC3CCc4[nH]ncc4C3)c3cccc1c32. The molecule has 0 saturated carbocycles. The molecular weight excluding hydrogens is 336 g/mol. The van der Waals surface area contributed by atoms with Crippen molar-refractivity contribution in [1.82, 2.24) is 20.8 Å². The zero-order chi connectivity index (χ0) is 18.6. The third-order valence-corrected chi connectivity index (χ3v) is 6.95. The number of amides is 2. The monoisotopic (exact) mass is 364 g/mol. The minimum absolute atomic E-state index is 0.0348. The molecule has 3 aliphatic carbocycles. The van der Waals surface area contributed by atoms with Crippen LogP contribution in [0.3, 0.4) is 0 Å². The maximum atomic E-state index is 12.7. The largest absolute Gasteiger partial charge is 0.335 e. The second kappa shape index (κ2) is 6.11. The first kappa shape index (κ1) is 16.8. The number of nitrogens with one attached hydrogen (secondary N) is 3. The van der Waals surface area contributed by atoms with Crippen LogP contribution in [0.25, 0.3) is 0 Å². The van der Waals surface area contributed by atoms with Crippen LogP contribution in [-0.2, 0) is 18.3 Å². The molecule has 2 aromatic rings. The van der Waals surface area contributed by atoms with Gasteiger partial charge in [0, 0.05) is 11.7 Å². The summed E-state index contributed by atoms with van der Waals surface area (Å²) in [7, 11) is 0. The van der Waals surface area contributed by atoms with Gasteiger partial charge in [-0.2, -0.15) is 5.10 Å². The van der Waals surface area contributed by atoms with E-state index < -0.39 is 0 Å². The Balaban J connectivity index is 1.29. The number of aromatic nitrogens is 2. The molecule has 3 aliphatic rings. The van der Waals surface area contributed by atoms with Crippen molar-refractivity contribution in [3.63, 3.8) is 0 Å². The van der Waals surface area contributed by atoms with Crippen molar-refractivity contribution in [1.29, 1.82) is 0 Å². The molecule has 3 atom stereocenters. The van der Waals surface area contributed by atoms with E-state index in [1.165, 1.54) is 40.8 Å². The molecule has 0 fully saturated rings. The highest BCUT2D eigenvalue weighted by Crippen LogP contribution is 2.52. The van der Waals surface area contributed by atoms with Crippen molar-refractivity contribution >= 4 is 6.03 Å². The lowest BCUT2D eigenvalue weighted by Crippen LogP contribution is -2.45. The van der Waals surface area contributed by atoms with Crippen LogP contribution in [0.2, 0.25) is 0 Å². The average molecular weight is 364 g/mol. The number of carbonyl (C=O) groups is 1. The van der Waals surface area contributed by atoms with Crippen LogP contribution in [-0.4, -0.2) is 22.3 Å². The fourth-order valence-corrected chi connectivity index (χ4v) is 5.46. The van der Waals surface area contributed by atoms with Gasteiger partial charge in [0.1, 0.15) is 0 Å². The van der Waals surface area contributed by atoms with Crippen molar-refractivity contribution < 1.29 is 4.79 Å². The van der Waals surface area contributed by atoms with E-state index in [1.807, 2.05) is 6.20 Å². The zero-order valence-electron chi connectivity index (χ0n) is 16.1. The summed E-state index contributed by atoms with van der Waals surface area (Å²) in [6.07, 6.45) is 8.15. The van der Waals surface area contributed by atoms with Crippen LogP contribution in [0.5, 0.6) is 0 Å². The summed E-state index contributed by atoms with van der Waals surface area (Å²) in [6.45, 7) is 4.69. The smallest absolute Gasteiger partial charge is 0.315 e. The Morgan fingerprint density at radius 3 is 3.04 bits per heavy atom. The number of carbonyl (C=O) groups excluding carboxylic acids is 1. The normalized spacial score (nSPS) is 27.6. The Hall–Kier alpha value is -2.30. The van der Waals surface area contributed by atoms with Crippen LogP contribution in [0.1, 0.15) is 79.4 Å². The molecule has 1 heterocycles. The molecule has 0 bridgehead atoms. The van der Waals surface area contributed by atoms with Crippen molar-refractivity contribution in [3.8, 4) is 0 Å². The highest BCUT2D eigenvalue weighted by molar-refractivity contribution is 5.75. The first-order valence-electron chi connectivity index (χ1n) is 10.2. The lowest BCUT2D eigenvalue weighted by atomic mass is 9.69. The summed E-state index contributed by atoms with van der Waals surface area (Å²) >= 11 is 0. The van der Waals surface area contributed by atoms with E-state index in [1.54, 1.807) is 0 Å². The molecule has 3 N–H and O–H groups in total. The van der Waals surface area contributed by atoms with Gasteiger partial charge in [-0.25, -0.2) is 4.79 Å². The number of H-pyrrole nitrogens is 1. The van der Waals surface area contributed by atoms with Crippen molar-refractivity contribution in [3.05, 3.63) is 52.3 Å². The molecule has 3 unspecified atom stereocenters. The molecule has 5 rings (SSSR count). The number of aromatic amines is 1. The summed E-state index contributed by atoms with van der Waals surface area (Å²) < 4.78 is 0. The van der Waals surface area contributed by atoms with Gasteiger partial charge in [0.15, 0.2) is 0 Å². The molecule has 0 radical (unpaired) electrons. The van der Waals surface area contributed by atoms with Crippen LogP contribution in [0, 0.1) is 0 Å². The molecule has 1 aromatic carbocycles. The van der Waals surface area contributed by atoms with Crippen molar-refractivity contribution in [2.75, 3.05) is 0 Å². The number of benzene rings is 1. The van der Waals surface area contributed by atoms with Gasteiger partial charge in [0.05, 0.1) is 12.2 Å². The summed E-state index contributed by atoms with van der Waals surface area (Å²) in [5.41, 5.74) is 7.02. The molecule has 5 heteroatoms. The third-order valence-electron chi connectivity index (χ3n) is 6.95. The predicted molar refractivity (Wildman–Crippen MR) is 105 cm³/mol. The van der Waals surface area contributed by atoms with Crippen LogP contribution >= 0.6 is 0 Å². The van der Waals surface area contributed by atoms with Crippen molar-refractivity contribution in [2.24, 2.45) is 0 Å². The fourth-order valence-electron chi connectivity index (χ4n) is 5.46. The average Bonchev–Trinajstić information content (AvgIpc) is 3.24. The van der Waals surface area contributed by atoms with Gasteiger partial charge in [-0.1, -0.05) is 32.0 Å². The summed E-state index contributed by atoms with van der Waals surface area (Å²) in [4.78, 5) is 12.7. The summed E-state index contributed by atoms with van der Waals surface area (Å²) in [6, 6.07) is 6.95. The Labute approximate surface area is 160 Å². The van der Waals surface area contributed by atoms with Crippen molar-refractivity contribution in [2.45, 2.75) is 75.8 Å². The van der Waals surface area contributed by atoms with Gasteiger partial charge in [-0.05, 0) is 72.1 Å². The topological polar surface area (TPSA) is 69.8 Å². The van der Waals surface area contributed by atoms with Gasteiger partial charge >= 0.3 is 6.03 Å². The molecule has 142 valence electrons. The van der Waals surface area contributed by atoms with E-state index >= 15 is 0 Å². The minimum Gasteiger partial charge on any atom is -0.335 e. The number of fused-ring (bicyclic) bond motifs is 1. The Morgan fingerprint density at radius 2 is 2.15 bits per heavy atom. The second-order valence-electron chi connectivity index (χ2n) is 9.15. The maximum absolute atomic E-state index is 12.7. The Kier molecular flexibility index (Phi) is 3.81. The lowest BCUT2D eigenvalue weighted by molar-refractivity contribution is 0.231. The lowest BCUT2D eigenvalue weighted by Gasteiger charge is -2.35. The van der Waals surface area contributed by atoms with E-state index in [0.29, 0.717) is 5.92 Å². The molecule has 2 amide bonds. The number of aryl methyl sites for hydroxylation is 1. The van der Waals surface area contributed by atoms with Crippen LogP contribution < -0.4 is 10.6 Å². The van der Waals surface area contributed by atoms with E-state index in [0.717, 1.165) is 25.7 Å². The fraction of sp³-hybridized carbons (Fsp3) is 0.545. The van der Waals surface area contributed by atoms with Gasteiger partial charge in [-0.15, -0.1) is 0 Å². The minimum atomic E-state index is -0.0348. The highest BCUT2D eigenvalue weighted by Gasteiger charge is 2.41. The first-order valence-corrected chi connectivity index (χ1v) is 10.2. The molecule has 1 aromatic heterocycles. The predicted octanol–water partition coefficient (Wildman–Crippen LogP) is 3.87. The maximum Gasteiger partial charge on any atom is 0.315 e. The number of urea groups is 1. The summed E-state index contributed by atoms with van der Waals surface area (Å²) in [5.74, 6) is 0.595. The van der Waals surface area contributed by atoms with Gasteiger partial charge in [0.25, 0.3) is 0 Å². The van der Waals surface area contributed by atoms with E-state index in [2.05, 4.69) is 52.9 Å².